The third kappa shape index (κ3) is 3.83. The molecule has 0 aromatic carbocycles. The summed E-state index contributed by atoms with van der Waals surface area (Å²) < 4.78 is 5.62. The fraction of sp³-hybridized carbons (Fsp3) is 0.727. The van der Waals surface area contributed by atoms with Gasteiger partial charge in [-0.1, -0.05) is 0 Å². The molecule has 0 bridgehead atoms. The quantitative estimate of drug-likeness (QED) is 0.753. The molecule has 2 rings (SSSR count). The van der Waals surface area contributed by atoms with Crippen LogP contribution < -0.4 is 10.6 Å². The first-order valence-electron chi connectivity index (χ1n) is 5.79. The highest BCUT2D eigenvalue weighted by atomic mass is 32.1. The average Bonchev–Trinajstić information content (AvgIpc) is 2.72. The summed E-state index contributed by atoms with van der Waals surface area (Å²) in [5.41, 5.74) is 0. The lowest BCUT2D eigenvalue weighted by Gasteiger charge is -2.23. The zero-order chi connectivity index (χ0) is 11.2. The molecule has 0 amide bonds. The average molecular weight is 241 g/mol. The number of aromatic nitrogens is 1. The van der Waals surface area contributed by atoms with Crippen molar-refractivity contribution >= 4 is 11.3 Å². The SMILES string of the molecule is Cc1cnc(CNCCC2CNCCO2)s1. The van der Waals surface area contributed by atoms with Gasteiger partial charge in [0, 0.05) is 30.7 Å². The summed E-state index contributed by atoms with van der Waals surface area (Å²) in [5.74, 6) is 0. The Kier molecular flexibility index (Phi) is 4.71. The predicted molar refractivity (Wildman–Crippen MR) is 65.8 cm³/mol. The van der Waals surface area contributed by atoms with Gasteiger partial charge in [-0.05, 0) is 19.9 Å². The van der Waals surface area contributed by atoms with Crippen LogP contribution in [0.1, 0.15) is 16.3 Å². The van der Waals surface area contributed by atoms with Crippen LogP contribution in [0.15, 0.2) is 6.20 Å². The van der Waals surface area contributed by atoms with E-state index in [1.54, 1.807) is 11.3 Å². The highest BCUT2D eigenvalue weighted by Gasteiger charge is 2.12. The lowest BCUT2D eigenvalue weighted by atomic mass is 10.2. The molecule has 0 radical (unpaired) electrons. The van der Waals surface area contributed by atoms with E-state index in [9.17, 15) is 0 Å². The maximum Gasteiger partial charge on any atom is 0.107 e. The molecule has 16 heavy (non-hydrogen) atoms. The van der Waals surface area contributed by atoms with Crippen molar-refractivity contribution in [3.05, 3.63) is 16.1 Å². The van der Waals surface area contributed by atoms with Crippen molar-refractivity contribution in [2.45, 2.75) is 26.0 Å². The lowest BCUT2D eigenvalue weighted by Crippen LogP contribution is -2.39. The number of nitrogens with one attached hydrogen (secondary N) is 2. The summed E-state index contributed by atoms with van der Waals surface area (Å²) in [6.07, 6.45) is 3.37. The second kappa shape index (κ2) is 6.30. The minimum absolute atomic E-state index is 0.374. The minimum Gasteiger partial charge on any atom is -0.376 e. The van der Waals surface area contributed by atoms with Gasteiger partial charge in [-0.3, -0.25) is 0 Å². The van der Waals surface area contributed by atoms with Gasteiger partial charge in [-0.25, -0.2) is 4.98 Å². The molecule has 1 fully saturated rings. The summed E-state index contributed by atoms with van der Waals surface area (Å²) in [7, 11) is 0. The first kappa shape index (κ1) is 12.0. The summed E-state index contributed by atoms with van der Waals surface area (Å²) in [5, 5.41) is 7.90. The van der Waals surface area contributed by atoms with Gasteiger partial charge in [-0.15, -0.1) is 11.3 Å². The Labute approximate surface area is 100 Å². The van der Waals surface area contributed by atoms with E-state index in [4.69, 9.17) is 4.74 Å². The summed E-state index contributed by atoms with van der Waals surface area (Å²) in [6.45, 7) is 6.77. The maximum absolute atomic E-state index is 5.62. The molecule has 1 aromatic heterocycles. The molecule has 1 atom stereocenters. The van der Waals surface area contributed by atoms with Crippen molar-refractivity contribution in [3.63, 3.8) is 0 Å². The molecule has 1 unspecified atom stereocenters. The molecule has 5 heteroatoms. The normalized spacial score (nSPS) is 21.2. The van der Waals surface area contributed by atoms with Gasteiger partial charge >= 0.3 is 0 Å². The molecule has 1 saturated heterocycles. The molecule has 2 N–H and O–H groups in total. The summed E-state index contributed by atoms with van der Waals surface area (Å²) in [4.78, 5) is 5.59. The van der Waals surface area contributed by atoms with Crippen LogP contribution in [-0.2, 0) is 11.3 Å². The Morgan fingerprint density at radius 1 is 1.69 bits per heavy atom. The van der Waals surface area contributed by atoms with Crippen LogP contribution in [0.3, 0.4) is 0 Å². The first-order chi connectivity index (χ1) is 7.84. The van der Waals surface area contributed by atoms with Crippen LogP contribution in [0.4, 0.5) is 0 Å². The van der Waals surface area contributed by atoms with Crippen LogP contribution in [0.25, 0.3) is 0 Å². The molecular weight excluding hydrogens is 222 g/mol. The third-order valence-corrected chi connectivity index (χ3v) is 3.51. The maximum atomic E-state index is 5.62. The predicted octanol–water partition coefficient (Wildman–Crippen LogP) is 0.920. The smallest absolute Gasteiger partial charge is 0.107 e. The topological polar surface area (TPSA) is 46.2 Å². The molecule has 0 saturated carbocycles. The third-order valence-electron chi connectivity index (χ3n) is 2.59. The van der Waals surface area contributed by atoms with E-state index < -0.39 is 0 Å². The zero-order valence-electron chi connectivity index (χ0n) is 9.66. The number of aryl methyl sites for hydroxylation is 1. The first-order valence-corrected chi connectivity index (χ1v) is 6.60. The summed E-state index contributed by atoms with van der Waals surface area (Å²) in [6, 6.07) is 0. The van der Waals surface area contributed by atoms with Crippen LogP contribution in [-0.4, -0.2) is 37.3 Å². The van der Waals surface area contributed by atoms with Crippen LogP contribution in [0.5, 0.6) is 0 Å². The van der Waals surface area contributed by atoms with E-state index >= 15 is 0 Å². The molecule has 0 spiro atoms. The Hall–Kier alpha value is -0.490. The summed E-state index contributed by atoms with van der Waals surface area (Å²) >= 11 is 1.76. The molecule has 2 heterocycles. The number of thiazole rings is 1. The highest BCUT2D eigenvalue weighted by molar-refractivity contribution is 7.11. The van der Waals surface area contributed by atoms with Crippen LogP contribution in [0, 0.1) is 6.92 Å². The van der Waals surface area contributed by atoms with Crippen molar-refractivity contribution in [1.29, 1.82) is 0 Å². The molecular formula is C11H19N3OS. The molecule has 0 aliphatic carbocycles. The number of morpholine rings is 1. The van der Waals surface area contributed by atoms with E-state index in [1.807, 2.05) is 6.20 Å². The number of nitrogens with zero attached hydrogens (tertiary/aromatic N) is 1. The minimum atomic E-state index is 0.374. The molecule has 90 valence electrons. The Morgan fingerprint density at radius 2 is 2.62 bits per heavy atom. The van der Waals surface area contributed by atoms with Crippen molar-refractivity contribution in [2.75, 3.05) is 26.2 Å². The van der Waals surface area contributed by atoms with Crippen molar-refractivity contribution < 1.29 is 4.74 Å². The van der Waals surface area contributed by atoms with Crippen molar-refractivity contribution in [2.24, 2.45) is 0 Å². The fourth-order valence-corrected chi connectivity index (χ4v) is 2.50. The number of hydrogen-bond acceptors (Lipinski definition) is 5. The van der Waals surface area contributed by atoms with Gasteiger partial charge in [0.2, 0.25) is 0 Å². The van der Waals surface area contributed by atoms with E-state index in [-0.39, 0.29) is 0 Å². The Bertz CT molecular complexity index is 310. The number of hydrogen-bond donors (Lipinski definition) is 2. The molecule has 1 aliphatic rings. The highest BCUT2D eigenvalue weighted by Crippen LogP contribution is 2.10. The van der Waals surface area contributed by atoms with E-state index in [2.05, 4.69) is 22.5 Å². The number of rotatable bonds is 5. The second-order valence-electron chi connectivity index (χ2n) is 4.03. The van der Waals surface area contributed by atoms with Gasteiger partial charge in [-0.2, -0.15) is 0 Å². The molecule has 1 aromatic rings. The van der Waals surface area contributed by atoms with Crippen molar-refractivity contribution in [1.82, 2.24) is 15.6 Å². The number of ether oxygens (including phenoxy) is 1. The van der Waals surface area contributed by atoms with Crippen LogP contribution in [0.2, 0.25) is 0 Å². The van der Waals surface area contributed by atoms with E-state index in [1.165, 1.54) is 9.88 Å². The molecule has 4 nitrogen and oxygen atoms in total. The molecule has 1 aliphatic heterocycles. The van der Waals surface area contributed by atoms with Crippen molar-refractivity contribution in [3.8, 4) is 0 Å². The Morgan fingerprint density at radius 3 is 3.31 bits per heavy atom. The lowest BCUT2D eigenvalue weighted by molar-refractivity contribution is 0.0238. The van der Waals surface area contributed by atoms with Gasteiger partial charge < -0.3 is 15.4 Å². The van der Waals surface area contributed by atoms with E-state index in [0.717, 1.165) is 39.2 Å². The second-order valence-corrected chi connectivity index (χ2v) is 5.35. The van der Waals surface area contributed by atoms with Gasteiger partial charge in [0.15, 0.2) is 0 Å². The Balaban J connectivity index is 1.57. The van der Waals surface area contributed by atoms with Crippen LogP contribution >= 0.6 is 11.3 Å². The fourth-order valence-electron chi connectivity index (χ4n) is 1.75. The van der Waals surface area contributed by atoms with Gasteiger partial charge in [0.05, 0.1) is 12.7 Å². The zero-order valence-corrected chi connectivity index (χ0v) is 10.5. The standard InChI is InChI=1S/C11H19N3OS/c1-9-6-14-11(16-9)8-12-3-2-10-7-13-4-5-15-10/h6,10,12-13H,2-5,7-8H2,1H3. The monoisotopic (exact) mass is 241 g/mol. The largest absolute Gasteiger partial charge is 0.376 e. The van der Waals surface area contributed by atoms with E-state index in [0.29, 0.717) is 6.10 Å². The van der Waals surface area contributed by atoms with Gasteiger partial charge in [0.25, 0.3) is 0 Å². The van der Waals surface area contributed by atoms with Gasteiger partial charge in [0.1, 0.15) is 5.01 Å².